The second-order valence-electron chi connectivity index (χ2n) is 5.74. The van der Waals surface area contributed by atoms with Crippen LogP contribution in [0.2, 0.25) is 0 Å². The summed E-state index contributed by atoms with van der Waals surface area (Å²) in [6.07, 6.45) is 3.58. The van der Waals surface area contributed by atoms with Crippen LogP contribution in [0, 0.1) is 17.2 Å². The maximum absolute atomic E-state index is 12.7. The largest absolute Gasteiger partial charge is 0.356 e. The minimum absolute atomic E-state index is 0.0780. The van der Waals surface area contributed by atoms with Gasteiger partial charge >= 0.3 is 0 Å². The standard InChI is InChI=1S/C16H20N4OS/c17-10-13-3-4-15(18-11-13)20-5-1-2-14(12-20)16(21)19-6-8-22-9-7-19/h3-4,11,14H,1-2,5-9,12H2. The van der Waals surface area contributed by atoms with Gasteiger partial charge in [-0.2, -0.15) is 17.0 Å². The van der Waals surface area contributed by atoms with Gasteiger partial charge in [0.2, 0.25) is 5.91 Å². The van der Waals surface area contributed by atoms with E-state index in [1.165, 1.54) is 0 Å². The summed E-state index contributed by atoms with van der Waals surface area (Å²) < 4.78 is 0. The fraction of sp³-hybridized carbons (Fsp3) is 0.562. The van der Waals surface area contributed by atoms with Crippen molar-refractivity contribution in [1.82, 2.24) is 9.88 Å². The van der Waals surface area contributed by atoms with Crippen LogP contribution in [0.15, 0.2) is 18.3 Å². The number of rotatable bonds is 2. The van der Waals surface area contributed by atoms with Crippen molar-refractivity contribution in [1.29, 1.82) is 5.26 Å². The van der Waals surface area contributed by atoms with Crippen LogP contribution in [0.1, 0.15) is 18.4 Å². The summed E-state index contributed by atoms with van der Waals surface area (Å²) in [5.74, 6) is 3.36. The highest BCUT2D eigenvalue weighted by molar-refractivity contribution is 7.99. The summed E-state index contributed by atoms with van der Waals surface area (Å²) in [5, 5.41) is 8.84. The van der Waals surface area contributed by atoms with Crippen molar-refractivity contribution in [2.75, 3.05) is 42.6 Å². The highest BCUT2D eigenvalue weighted by atomic mass is 32.2. The number of piperidine rings is 1. The number of nitrogens with zero attached hydrogens (tertiary/aromatic N) is 4. The van der Waals surface area contributed by atoms with E-state index in [1.54, 1.807) is 12.3 Å². The van der Waals surface area contributed by atoms with E-state index in [0.29, 0.717) is 11.5 Å². The highest BCUT2D eigenvalue weighted by Gasteiger charge is 2.30. The third-order valence-corrected chi connectivity index (χ3v) is 5.24. The first-order chi connectivity index (χ1) is 10.8. The topological polar surface area (TPSA) is 60.2 Å². The van der Waals surface area contributed by atoms with Crippen LogP contribution < -0.4 is 4.90 Å². The number of carbonyl (C=O) groups excluding carboxylic acids is 1. The van der Waals surface area contributed by atoms with Gasteiger partial charge < -0.3 is 9.80 Å². The first-order valence-electron chi connectivity index (χ1n) is 7.75. The first kappa shape index (κ1) is 15.2. The zero-order valence-corrected chi connectivity index (χ0v) is 13.4. The molecule has 6 heteroatoms. The number of pyridine rings is 1. The number of amides is 1. The molecular formula is C16H20N4OS. The van der Waals surface area contributed by atoms with E-state index in [4.69, 9.17) is 5.26 Å². The Bertz CT molecular complexity index is 563. The summed E-state index contributed by atoms with van der Waals surface area (Å²) in [7, 11) is 0. The summed E-state index contributed by atoms with van der Waals surface area (Å²) in [5.41, 5.74) is 0.569. The minimum atomic E-state index is 0.0780. The van der Waals surface area contributed by atoms with Gasteiger partial charge in [-0.05, 0) is 25.0 Å². The zero-order valence-electron chi connectivity index (χ0n) is 12.6. The van der Waals surface area contributed by atoms with E-state index in [2.05, 4.69) is 16.0 Å². The van der Waals surface area contributed by atoms with Crippen LogP contribution in [0.4, 0.5) is 5.82 Å². The molecule has 116 valence electrons. The molecule has 1 aromatic heterocycles. The number of carbonyl (C=O) groups is 1. The lowest BCUT2D eigenvalue weighted by molar-refractivity contribution is -0.135. The van der Waals surface area contributed by atoms with E-state index >= 15 is 0 Å². The molecule has 3 heterocycles. The highest BCUT2D eigenvalue weighted by Crippen LogP contribution is 2.24. The van der Waals surface area contributed by atoms with Crippen molar-refractivity contribution in [2.45, 2.75) is 12.8 Å². The van der Waals surface area contributed by atoms with Crippen LogP contribution >= 0.6 is 11.8 Å². The molecule has 22 heavy (non-hydrogen) atoms. The number of aromatic nitrogens is 1. The van der Waals surface area contributed by atoms with Crippen molar-refractivity contribution < 1.29 is 4.79 Å². The third kappa shape index (κ3) is 3.36. The van der Waals surface area contributed by atoms with Gasteiger partial charge in [0.15, 0.2) is 0 Å². The molecule has 0 radical (unpaired) electrons. The van der Waals surface area contributed by atoms with Crippen molar-refractivity contribution in [3.63, 3.8) is 0 Å². The van der Waals surface area contributed by atoms with E-state index in [0.717, 1.165) is 56.3 Å². The van der Waals surface area contributed by atoms with Gasteiger partial charge in [-0.3, -0.25) is 4.79 Å². The predicted octanol–water partition coefficient (Wildman–Crippen LogP) is 1.75. The van der Waals surface area contributed by atoms with E-state index in [-0.39, 0.29) is 5.92 Å². The Balaban J connectivity index is 1.65. The molecule has 1 amide bonds. The number of hydrogen-bond donors (Lipinski definition) is 0. The average Bonchev–Trinajstić information content (AvgIpc) is 2.62. The summed E-state index contributed by atoms with van der Waals surface area (Å²) >= 11 is 1.92. The smallest absolute Gasteiger partial charge is 0.227 e. The minimum Gasteiger partial charge on any atom is -0.356 e. The van der Waals surface area contributed by atoms with Gasteiger partial charge in [0, 0.05) is 43.9 Å². The fourth-order valence-electron chi connectivity index (χ4n) is 3.07. The van der Waals surface area contributed by atoms with Gasteiger partial charge in [0.25, 0.3) is 0 Å². The lowest BCUT2D eigenvalue weighted by Crippen LogP contribution is -2.47. The van der Waals surface area contributed by atoms with E-state index < -0.39 is 0 Å². The monoisotopic (exact) mass is 316 g/mol. The molecule has 0 aliphatic carbocycles. The Morgan fingerprint density at radius 2 is 2.14 bits per heavy atom. The lowest BCUT2D eigenvalue weighted by Gasteiger charge is -2.36. The van der Waals surface area contributed by atoms with Crippen LogP contribution in [-0.2, 0) is 4.79 Å². The van der Waals surface area contributed by atoms with Gasteiger partial charge in [-0.1, -0.05) is 0 Å². The van der Waals surface area contributed by atoms with Gasteiger partial charge in [-0.25, -0.2) is 4.98 Å². The van der Waals surface area contributed by atoms with Crippen molar-refractivity contribution in [2.24, 2.45) is 5.92 Å². The molecule has 2 fully saturated rings. The Hall–Kier alpha value is -1.74. The molecule has 2 aliphatic rings. The molecule has 0 aromatic carbocycles. The molecule has 0 N–H and O–H groups in total. The summed E-state index contributed by atoms with van der Waals surface area (Å²) in [4.78, 5) is 21.2. The molecule has 0 saturated carbocycles. The maximum Gasteiger partial charge on any atom is 0.227 e. The molecular weight excluding hydrogens is 296 g/mol. The number of thioether (sulfide) groups is 1. The van der Waals surface area contributed by atoms with Crippen LogP contribution in [-0.4, -0.2) is 53.5 Å². The molecule has 2 saturated heterocycles. The Morgan fingerprint density at radius 1 is 1.32 bits per heavy atom. The normalized spacial score (nSPS) is 22.2. The SMILES string of the molecule is N#Cc1ccc(N2CCCC(C(=O)N3CCSCC3)C2)nc1. The second-order valence-corrected chi connectivity index (χ2v) is 6.96. The van der Waals surface area contributed by atoms with E-state index in [9.17, 15) is 4.79 Å². The van der Waals surface area contributed by atoms with Crippen molar-refractivity contribution in [3.05, 3.63) is 23.9 Å². The van der Waals surface area contributed by atoms with Gasteiger partial charge in [-0.15, -0.1) is 0 Å². The number of anilines is 1. The van der Waals surface area contributed by atoms with Crippen LogP contribution in [0.3, 0.4) is 0 Å². The summed E-state index contributed by atoms with van der Waals surface area (Å²) in [6, 6.07) is 5.75. The predicted molar refractivity (Wildman–Crippen MR) is 87.8 cm³/mol. The third-order valence-electron chi connectivity index (χ3n) is 4.29. The number of hydrogen-bond acceptors (Lipinski definition) is 5. The van der Waals surface area contributed by atoms with Crippen molar-refractivity contribution >= 4 is 23.5 Å². The lowest BCUT2D eigenvalue weighted by atomic mass is 9.96. The van der Waals surface area contributed by atoms with Gasteiger partial charge in [0.1, 0.15) is 11.9 Å². The molecule has 0 bridgehead atoms. The van der Waals surface area contributed by atoms with Crippen LogP contribution in [0.5, 0.6) is 0 Å². The molecule has 2 aliphatic heterocycles. The first-order valence-corrected chi connectivity index (χ1v) is 8.91. The molecule has 1 atom stereocenters. The Morgan fingerprint density at radius 3 is 2.82 bits per heavy atom. The second kappa shape index (κ2) is 7.01. The van der Waals surface area contributed by atoms with Crippen LogP contribution in [0.25, 0.3) is 0 Å². The number of nitriles is 1. The fourth-order valence-corrected chi connectivity index (χ4v) is 3.97. The maximum atomic E-state index is 12.7. The van der Waals surface area contributed by atoms with Gasteiger partial charge in [0.05, 0.1) is 11.5 Å². The molecule has 5 nitrogen and oxygen atoms in total. The molecule has 3 rings (SSSR count). The molecule has 1 aromatic rings. The van der Waals surface area contributed by atoms with Crippen molar-refractivity contribution in [3.8, 4) is 6.07 Å². The summed E-state index contributed by atoms with van der Waals surface area (Å²) in [6.45, 7) is 3.43. The molecule has 1 unspecified atom stereocenters. The Labute approximate surface area is 135 Å². The molecule has 0 spiro atoms. The van der Waals surface area contributed by atoms with E-state index in [1.807, 2.05) is 22.7 Å². The quantitative estimate of drug-likeness (QED) is 0.832. The average molecular weight is 316 g/mol. The zero-order chi connectivity index (χ0) is 15.4. The Kier molecular flexibility index (Phi) is 4.84.